The third kappa shape index (κ3) is 2.67. The number of hydrogen-bond donors (Lipinski definition) is 1. The predicted molar refractivity (Wildman–Crippen MR) is 80.9 cm³/mol. The molecule has 0 bridgehead atoms. The molecule has 2 heterocycles. The van der Waals surface area contributed by atoms with Crippen LogP contribution in [0.25, 0.3) is 11.2 Å². The second-order valence-electron chi connectivity index (χ2n) is 4.92. The molecule has 1 aromatic carbocycles. The Balaban J connectivity index is 1.66. The molecular formula is C16H15FN4O. The minimum Gasteiger partial charge on any atom is -0.351 e. The fourth-order valence-electron chi connectivity index (χ4n) is 2.32. The summed E-state index contributed by atoms with van der Waals surface area (Å²) in [4.78, 5) is 20.7. The van der Waals surface area contributed by atoms with Gasteiger partial charge in [-0.2, -0.15) is 0 Å². The largest absolute Gasteiger partial charge is 0.351 e. The van der Waals surface area contributed by atoms with Gasteiger partial charge in [-0.25, -0.2) is 14.4 Å². The number of halogens is 1. The van der Waals surface area contributed by atoms with E-state index in [2.05, 4.69) is 15.3 Å². The highest BCUT2D eigenvalue weighted by Crippen LogP contribution is 2.11. The molecule has 1 N–H and O–H groups in total. The van der Waals surface area contributed by atoms with E-state index in [1.165, 1.54) is 12.1 Å². The fourth-order valence-corrected chi connectivity index (χ4v) is 2.32. The van der Waals surface area contributed by atoms with Crippen molar-refractivity contribution >= 4 is 17.1 Å². The number of amides is 1. The zero-order chi connectivity index (χ0) is 15.5. The summed E-state index contributed by atoms with van der Waals surface area (Å²) in [7, 11) is 1.89. The van der Waals surface area contributed by atoms with E-state index in [9.17, 15) is 9.18 Å². The predicted octanol–water partition coefficient (Wildman–Crippen LogP) is 2.08. The van der Waals surface area contributed by atoms with Gasteiger partial charge in [0, 0.05) is 26.2 Å². The molecule has 5 nitrogen and oxygen atoms in total. The number of rotatable bonds is 4. The van der Waals surface area contributed by atoms with E-state index in [4.69, 9.17) is 0 Å². The van der Waals surface area contributed by atoms with Gasteiger partial charge in [0.05, 0.1) is 5.56 Å². The summed E-state index contributed by atoms with van der Waals surface area (Å²) >= 11 is 0. The van der Waals surface area contributed by atoms with E-state index >= 15 is 0 Å². The molecule has 0 saturated carbocycles. The summed E-state index contributed by atoms with van der Waals surface area (Å²) in [6, 6.07) is 9.65. The maximum atomic E-state index is 13.5. The van der Waals surface area contributed by atoms with Crippen molar-refractivity contribution in [2.24, 2.45) is 7.05 Å². The van der Waals surface area contributed by atoms with Crippen molar-refractivity contribution in [3.8, 4) is 0 Å². The third-order valence-corrected chi connectivity index (χ3v) is 3.47. The first-order chi connectivity index (χ1) is 10.7. The lowest BCUT2D eigenvalue weighted by atomic mass is 10.2. The third-order valence-electron chi connectivity index (χ3n) is 3.47. The van der Waals surface area contributed by atoms with Gasteiger partial charge in [-0.05, 0) is 24.3 Å². The number of aryl methyl sites for hydroxylation is 1. The number of pyridine rings is 1. The molecule has 6 heteroatoms. The minimum absolute atomic E-state index is 0.0502. The Bertz CT molecular complexity index is 828. The lowest BCUT2D eigenvalue weighted by molar-refractivity contribution is 0.0950. The summed E-state index contributed by atoms with van der Waals surface area (Å²) in [5.41, 5.74) is 1.67. The van der Waals surface area contributed by atoms with Crippen molar-refractivity contribution in [1.29, 1.82) is 0 Å². The summed E-state index contributed by atoms with van der Waals surface area (Å²) in [5, 5.41) is 2.71. The van der Waals surface area contributed by atoms with E-state index in [1.54, 1.807) is 18.3 Å². The van der Waals surface area contributed by atoms with Crippen LogP contribution in [0.4, 0.5) is 4.39 Å². The maximum absolute atomic E-state index is 13.5. The Labute approximate surface area is 126 Å². The standard InChI is InChI=1S/C16H15FN4O/c1-21-14(20-13-7-4-9-18-15(13)21)8-10-19-16(22)11-5-2-3-6-12(11)17/h2-7,9H,8,10H2,1H3,(H,19,22). The number of benzene rings is 1. The Morgan fingerprint density at radius 1 is 1.27 bits per heavy atom. The summed E-state index contributed by atoms with van der Waals surface area (Å²) in [6.07, 6.45) is 2.26. The lowest BCUT2D eigenvalue weighted by Crippen LogP contribution is -2.27. The van der Waals surface area contributed by atoms with E-state index < -0.39 is 11.7 Å². The van der Waals surface area contributed by atoms with E-state index in [-0.39, 0.29) is 5.56 Å². The van der Waals surface area contributed by atoms with Gasteiger partial charge in [-0.15, -0.1) is 0 Å². The normalized spacial score (nSPS) is 10.8. The number of imidazole rings is 1. The van der Waals surface area contributed by atoms with Gasteiger partial charge in [-0.3, -0.25) is 4.79 Å². The van der Waals surface area contributed by atoms with Crippen LogP contribution in [0.2, 0.25) is 0 Å². The zero-order valence-corrected chi connectivity index (χ0v) is 12.1. The summed E-state index contributed by atoms with van der Waals surface area (Å²) < 4.78 is 15.4. The molecule has 0 atom stereocenters. The first-order valence-corrected chi connectivity index (χ1v) is 6.96. The average Bonchev–Trinajstić information content (AvgIpc) is 2.84. The fraction of sp³-hybridized carbons (Fsp3) is 0.188. The number of carbonyl (C=O) groups excluding carboxylic acids is 1. The maximum Gasteiger partial charge on any atom is 0.254 e. The van der Waals surface area contributed by atoms with Crippen molar-refractivity contribution in [1.82, 2.24) is 19.9 Å². The number of carbonyl (C=O) groups is 1. The average molecular weight is 298 g/mol. The van der Waals surface area contributed by atoms with Crippen LogP contribution in [-0.2, 0) is 13.5 Å². The number of nitrogens with one attached hydrogen (secondary N) is 1. The first-order valence-electron chi connectivity index (χ1n) is 6.96. The molecule has 0 radical (unpaired) electrons. The molecule has 0 fully saturated rings. The SMILES string of the molecule is Cn1c(CCNC(=O)c2ccccc2F)nc2cccnc21. The van der Waals surface area contributed by atoms with Crippen molar-refractivity contribution in [3.05, 3.63) is 59.8 Å². The van der Waals surface area contributed by atoms with Crippen LogP contribution >= 0.6 is 0 Å². The molecule has 0 saturated heterocycles. The first kappa shape index (κ1) is 14.2. The van der Waals surface area contributed by atoms with E-state index in [1.807, 2.05) is 23.7 Å². The smallest absolute Gasteiger partial charge is 0.254 e. The highest BCUT2D eigenvalue weighted by Gasteiger charge is 2.11. The second-order valence-corrected chi connectivity index (χ2v) is 4.92. The van der Waals surface area contributed by atoms with Gasteiger partial charge in [0.15, 0.2) is 5.65 Å². The molecule has 0 aliphatic heterocycles. The minimum atomic E-state index is -0.521. The van der Waals surface area contributed by atoms with Crippen LogP contribution in [0.3, 0.4) is 0 Å². The van der Waals surface area contributed by atoms with Crippen molar-refractivity contribution in [2.75, 3.05) is 6.54 Å². The van der Waals surface area contributed by atoms with Gasteiger partial charge >= 0.3 is 0 Å². The van der Waals surface area contributed by atoms with Crippen LogP contribution in [0.1, 0.15) is 16.2 Å². The molecule has 112 valence electrons. The molecular weight excluding hydrogens is 283 g/mol. The van der Waals surface area contributed by atoms with Crippen molar-refractivity contribution in [3.63, 3.8) is 0 Å². The molecule has 1 amide bonds. The topological polar surface area (TPSA) is 59.8 Å². The number of aromatic nitrogens is 3. The van der Waals surface area contributed by atoms with Crippen LogP contribution in [0, 0.1) is 5.82 Å². The van der Waals surface area contributed by atoms with Gasteiger partial charge in [-0.1, -0.05) is 12.1 Å². The molecule has 0 unspecified atom stereocenters. The van der Waals surface area contributed by atoms with Gasteiger partial charge in [0.1, 0.15) is 17.2 Å². The van der Waals surface area contributed by atoms with E-state index in [0.29, 0.717) is 13.0 Å². The summed E-state index contributed by atoms with van der Waals surface area (Å²) in [5.74, 6) is -0.121. The van der Waals surface area contributed by atoms with Crippen LogP contribution in [0.5, 0.6) is 0 Å². The van der Waals surface area contributed by atoms with Crippen molar-refractivity contribution in [2.45, 2.75) is 6.42 Å². The molecule has 3 rings (SSSR count). The molecule has 3 aromatic rings. The molecule has 22 heavy (non-hydrogen) atoms. The number of nitrogens with zero attached hydrogens (tertiary/aromatic N) is 3. The molecule has 0 aliphatic carbocycles. The number of fused-ring (bicyclic) bond motifs is 1. The van der Waals surface area contributed by atoms with E-state index in [0.717, 1.165) is 17.0 Å². The molecule has 0 spiro atoms. The van der Waals surface area contributed by atoms with Gasteiger partial charge in [0.25, 0.3) is 5.91 Å². The Hall–Kier alpha value is -2.76. The Kier molecular flexibility index (Phi) is 3.82. The highest BCUT2D eigenvalue weighted by atomic mass is 19.1. The second kappa shape index (κ2) is 5.93. The quantitative estimate of drug-likeness (QED) is 0.802. The molecule has 0 aliphatic rings. The molecule has 2 aromatic heterocycles. The van der Waals surface area contributed by atoms with Crippen molar-refractivity contribution < 1.29 is 9.18 Å². The monoisotopic (exact) mass is 298 g/mol. The Morgan fingerprint density at radius 3 is 2.86 bits per heavy atom. The van der Waals surface area contributed by atoms with Crippen LogP contribution in [0.15, 0.2) is 42.6 Å². The lowest BCUT2D eigenvalue weighted by Gasteiger charge is -2.06. The highest BCUT2D eigenvalue weighted by molar-refractivity contribution is 5.94. The van der Waals surface area contributed by atoms with Crippen LogP contribution < -0.4 is 5.32 Å². The van der Waals surface area contributed by atoms with Gasteiger partial charge < -0.3 is 9.88 Å². The Morgan fingerprint density at radius 2 is 2.09 bits per heavy atom. The van der Waals surface area contributed by atoms with Crippen LogP contribution in [-0.4, -0.2) is 27.0 Å². The number of hydrogen-bond acceptors (Lipinski definition) is 3. The zero-order valence-electron chi connectivity index (χ0n) is 12.1. The van der Waals surface area contributed by atoms with Gasteiger partial charge in [0.2, 0.25) is 0 Å². The summed E-state index contributed by atoms with van der Waals surface area (Å²) in [6.45, 7) is 0.379.